The lowest BCUT2D eigenvalue weighted by Gasteiger charge is -2.08. The molecule has 0 saturated heterocycles. The maximum Gasteiger partial charge on any atom is 0.356 e. The number of aromatic nitrogens is 2. The summed E-state index contributed by atoms with van der Waals surface area (Å²) in [4.78, 5) is 10.4. The van der Waals surface area contributed by atoms with Gasteiger partial charge >= 0.3 is 5.97 Å². The second-order valence-electron chi connectivity index (χ2n) is 3.91. The number of aromatic carboxylic acids is 1. The first kappa shape index (κ1) is 14.4. The fourth-order valence-electron chi connectivity index (χ4n) is 1.78. The van der Waals surface area contributed by atoms with Gasteiger partial charge in [0.05, 0.1) is 10.6 Å². The molecule has 0 amide bonds. The maximum atomic E-state index is 14.0. The summed E-state index contributed by atoms with van der Waals surface area (Å²) in [5, 5.41) is 12.4. The minimum atomic E-state index is -1.31. The van der Waals surface area contributed by atoms with Crippen molar-refractivity contribution in [2.45, 2.75) is 4.90 Å². The Labute approximate surface area is 116 Å². The summed E-state index contributed by atoms with van der Waals surface area (Å²) in [6.45, 7) is 0. The van der Waals surface area contributed by atoms with Gasteiger partial charge in [-0.3, -0.25) is 4.68 Å². The van der Waals surface area contributed by atoms with Crippen molar-refractivity contribution in [1.82, 2.24) is 9.78 Å². The Kier molecular flexibility index (Phi) is 3.76. The molecule has 0 bridgehead atoms. The van der Waals surface area contributed by atoms with E-state index in [4.69, 9.17) is 5.11 Å². The van der Waals surface area contributed by atoms with Gasteiger partial charge in [0.1, 0.15) is 5.82 Å². The average molecular weight is 302 g/mol. The monoisotopic (exact) mass is 302 g/mol. The van der Waals surface area contributed by atoms with Crippen molar-refractivity contribution in [3.8, 4) is 11.3 Å². The lowest BCUT2D eigenvalue weighted by molar-refractivity contribution is 0.0689. The van der Waals surface area contributed by atoms with Crippen molar-refractivity contribution in [2.75, 3.05) is 6.26 Å². The molecule has 8 heteroatoms. The average Bonchev–Trinajstić information content (AvgIpc) is 2.77. The van der Waals surface area contributed by atoms with E-state index in [9.17, 15) is 18.0 Å². The van der Waals surface area contributed by atoms with E-state index in [1.165, 1.54) is 13.3 Å². The van der Waals surface area contributed by atoms with Crippen molar-refractivity contribution in [1.29, 1.82) is 0 Å². The molecule has 0 atom stereocenters. The van der Waals surface area contributed by atoms with Crippen molar-refractivity contribution in [3.05, 3.63) is 35.3 Å². The van der Waals surface area contributed by atoms with Crippen LogP contribution in [0.3, 0.4) is 0 Å². The third kappa shape index (κ3) is 2.26. The third-order valence-corrected chi connectivity index (χ3v) is 3.48. The zero-order valence-electron chi connectivity index (χ0n) is 10.4. The second-order valence-corrected chi connectivity index (χ2v) is 4.73. The molecule has 2 rings (SSSR count). The summed E-state index contributed by atoms with van der Waals surface area (Å²) in [5.74, 6) is -4.76. The van der Waals surface area contributed by atoms with Crippen LogP contribution in [0.15, 0.2) is 17.0 Å². The Balaban J connectivity index is 2.67. The van der Waals surface area contributed by atoms with Crippen LogP contribution in [0.5, 0.6) is 0 Å². The van der Waals surface area contributed by atoms with Crippen LogP contribution in [-0.4, -0.2) is 27.1 Å². The van der Waals surface area contributed by atoms with Gasteiger partial charge in [0.15, 0.2) is 17.3 Å². The summed E-state index contributed by atoms with van der Waals surface area (Å²) in [6.07, 6.45) is 1.42. The second kappa shape index (κ2) is 5.20. The molecule has 1 N–H and O–H groups in total. The Hall–Kier alpha value is -1.96. The Bertz CT molecular complexity index is 700. The molecule has 0 aliphatic heterocycles. The zero-order valence-corrected chi connectivity index (χ0v) is 11.3. The highest BCUT2D eigenvalue weighted by Crippen LogP contribution is 2.32. The highest BCUT2D eigenvalue weighted by Gasteiger charge is 2.22. The van der Waals surface area contributed by atoms with Crippen LogP contribution in [-0.2, 0) is 7.05 Å². The van der Waals surface area contributed by atoms with Crippen LogP contribution < -0.4 is 0 Å². The minimum absolute atomic E-state index is 0.0228. The number of carbonyl (C=O) groups is 1. The molecular formula is C12H9F3N2O2S. The number of hydrogen-bond donors (Lipinski definition) is 1. The van der Waals surface area contributed by atoms with Crippen molar-refractivity contribution in [2.24, 2.45) is 7.05 Å². The quantitative estimate of drug-likeness (QED) is 0.699. The van der Waals surface area contributed by atoms with E-state index in [-0.39, 0.29) is 17.0 Å². The fraction of sp³-hybridized carbons (Fsp3) is 0.167. The van der Waals surface area contributed by atoms with Gasteiger partial charge in [0.25, 0.3) is 0 Å². The molecule has 4 nitrogen and oxygen atoms in total. The number of rotatable bonds is 3. The molecule has 0 aliphatic carbocycles. The molecule has 0 fully saturated rings. The minimum Gasteiger partial charge on any atom is -0.476 e. The van der Waals surface area contributed by atoms with Gasteiger partial charge in [0.2, 0.25) is 0 Å². The van der Waals surface area contributed by atoms with Gasteiger partial charge < -0.3 is 5.11 Å². The lowest BCUT2D eigenvalue weighted by Crippen LogP contribution is -2.01. The molecule has 106 valence electrons. The van der Waals surface area contributed by atoms with Gasteiger partial charge in [0, 0.05) is 12.6 Å². The molecule has 0 unspecified atom stereocenters. The van der Waals surface area contributed by atoms with E-state index in [1.54, 1.807) is 0 Å². The van der Waals surface area contributed by atoms with Gasteiger partial charge in [-0.05, 0) is 18.4 Å². The molecule has 2 aromatic rings. The summed E-state index contributed by atoms with van der Waals surface area (Å²) in [7, 11) is 1.36. The number of thioether (sulfide) groups is 1. The Morgan fingerprint density at radius 2 is 1.95 bits per heavy atom. The van der Waals surface area contributed by atoms with Crippen LogP contribution in [0.2, 0.25) is 0 Å². The Morgan fingerprint density at radius 1 is 1.30 bits per heavy atom. The summed E-state index contributed by atoms with van der Waals surface area (Å²) in [6, 6.07) is 1.88. The molecule has 0 aliphatic rings. The van der Waals surface area contributed by atoms with E-state index in [2.05, 4.69) is 5.10 Å². The predicted octanol–water partition coefficient (Wildman–Crippen LogP) is 2.92. The third-order valence-electron chi connectivity index (χ3n) is 2.70. The molecule has 0 radical (unpaired) electrons. The highest BCUT2D eigenvalue weighted by atomic mass is 32.2. The molecule has 1 aromatic heterocycles. The van der Waals surface area contributed by atoms with E-state index in [0.717, 1.165) is 28.6 Å². The molecule has 0 spiro atoms. The van der Waals surface area contributed by atoms with Crippen LogP contribution in [0.4, 0.5) is 13.2 Å². The lowest BCUT2D eigenvalue weighted by atomic mass is 10.1. The number of hydrogen-bond acceptors (Lipinski definition) is 3. The number of benzene rings is 1. The molecule has 0 saturated carbocycles. The maximum absolute atomic E-state index is 14.0. The van der Waals surface area contributed by atoms with E-state index >= 15 is 0 Å². The van der Waals surface area contributed by atoms with Crippen molar-refractivity contribution < 1.29 is 23.1 Å². The number of halogens is 3. The molecule has 1 heterocycles. The van der Waals surface area contributed by atoms with Crippen LogP contribution in [0, 0.1) is 17.5 Å². The van der Waals surface area contributed by atoms with Crippen LogP contribution in [0.25, 0.3) is 11.3 Å². The summed E-state index contributed by atoms with van der Waals surface area (Å²) < 4.78 is 42.4. The SMILES string of the molecule is CSc1c(F)cc(-c2cc(C(=O)O)nn2C)c(F)c1F. The molecular weight excluding hydrogens is 293 g/mol. The first-order valence-corrected chi connectivity index (χ1v) is 6.58. The Morgan fingerprint density at radius 3 is 2.45 bits per heavy atom. The highest BCUT2D eigenvalue weighted by molar-refractivity contribution is 7.98. The number of carboxylic acids is 1. The van der Waals surface area contributed by atoms with Crippen LogP contribution in [0.1, 0.15) is 10.5 Å². The number of aryl methyl sites for hydroxylation is 1. The standard InChI is InChI=1S/C12H9F3N2O2S/c1-17-8(4-7(16-17)12(18)19)5-3-6(13)11(20-2)10(15)9(5)14/h3-4H,1-2H3,(H,18,19). The first-order chi connectivity index (χ1) is 9.36. The normalized spacial score (nSPS) is 10.8. The summed E-state index contributed by atoms with van der Waals surface area (Å²) in [5.41, 5.74) is -0.734. The van der Waals surface area contributed by atoms with E-state index in [0.29, 0.717) is 0 Å². The topological polar surface area (TPSA) is 55.1 Å². The fourth-order valence-corrected chi connectivity index (χ4v) is 2.30. The number of carboxylic acid groups (broad SMARTS) is 1. The van der Waals surface area contributed by atoms with E-state index < -0.39 is 28.3 Å². The smallest absolute Gasteiger partial charge is 0.356 e. The number of nitrogens with zero attached hydrogens (tertiary/aromatic N) is 2. The largest absolute Gasteiger partial charge is 0.476 e. The van der Waals surface area contributed by atoms with Crippen molar-refractivity contribution in [3.63, 3.8) is 0 Å². The first-order valence-electron chi connectivity index (χ1n) is 5.36. The van der Waals surface area contributed by atoms with Crippen LogP contribution >= 0.6 is 11.8 Å². The van der Waals surface area contributed by atoms with Gasteiger partial charge in [-0.2, -0.15) is 5.10 Å². The van der Waals surface area contributed by atoms with Gasteiger partial charge in [-0.1, -0.05) is 0 Å². The molecule has 20 heavy (non-hydrogen) atoms. The van der Waals surface area contributed by atoms with Crippen molar-refractivity contribution >= 4 is 17.7 Å². The summed E-state index contributed by atoms with van der Waals surface area (Å²) >= 11 is 0.748. The molecule has 1 aromatic carbocycles. The zero-order chi connectivity index (χ0) is 15.0. The predicted molar refractivity (Wildman–Crippen MR) is 67.3 cm³/mol. The van der Waals surface area contributed by atoms with E-state index in [1.807, 2.05) is 0 Å². The van der Waals surface area contributed by atoms with Gasteiger partial charge in [-0.25, -0.2) is 18.0 Å². The van der Waals surface area contributed by atoms with Gasteiger partial charge in [-0.15, -0.1) is 11.8 Å².